The second-order valence-corrected chi connectivity index (χ2v) is 11.8. The van der Waals surface area contributed by atoms with Crippen molar-refractivity contribution in [2.24, 2.45) is 11.7 Å². The highest BCUT2D eigenvalue weighted by atomic mass is 16.2. The molecule has 0 aromatic heterocycles. The smallest absolute Gasteiger partial charge is 0.255 e. The van der Waals surface area contributed by atoms with Crippen LogP contribution in [0.1, 0.15) is 100 Å². The minimum atomic E-state index is -0.137. The molecule has 0 saturated heterocycles. The van der Waals surface area contributed by atoms with E-state index in [0.29, 0.717) is 12.1 Å². The number of nitrogens with zero attached hydrogens (tertiary/aromatic N) is 1. The standard InChI is InChI=1S/C31H43N3O2/c1-31(2,3)25-19-17-22(18-20-25)29(35)33-27-15-9-7-13-24(27)21-34(28-16-10-8-14-26(28)32)30(36)23-11-5-4-6-12-23/h7,9,13,15,17-20,23,26,28H,4-6,8,10-12,14,16,21,32H2,1-3H3,(H,33,35). The largest absolute Gasteiger partial charge is 0.334 e. The number of para-hydroxylation sites is 1. The van der Waals surface area contributed by atoms with Crippen molar-refractivity contribution in [1.29, 1.82) is 0 Å². The van der Waals surface area contributed by atoms with Gasteiger partial charge in [0.25, 0.3) is 5.91 Å². The number of hydrogen-bond donors (Lipinski definition) is 2. The first-order valence-corrected chi connectivity index (χ1v) is 13.8. The number of nitrogens with one attached hydrogen (secondary N) is 1. The molecule has 4 rings (SSSR count). The first-order valence-electron chi connectivity index (χ1n) is 13.8. The van der Waals surface area contributed by atoms with Crippen LogP contribution in [0.3, 0.4) is 0 Å². The molecule has 2 atom stereocenters. The molecule has 5 nitrogen and oxygen atoms in total. The topological polar surface area (TPSA) is 75.4 Å². The Balaban J connectivity index is 1.55. The average molecular weight is 490 g/mol. The predicted molar refractivity (Wildman–Crippen MR) is 147 cm³/mol. The Hall–Kier alpha value is -2.66. The molecular formula is C31H43N3O2. The summed E-state index contributed by atoms with van der Waals surface area (Å²) in [6.07, 6.45) is 9.57. The quantitative estimate of drug-likeness (QED) is 0.492. The second-order valence-electron chi connectivity index (χ2n) is 11.8. The molecule has 0 spiro atoms. The van der Waals surface area contributed by atoms with E-state index in [1.807, 2.05) is 48.5 Å². The molecule has 2 amide bonds. The first kappa shape index (κ1) is 26.4. The summed E-state index contributed by atoms with van der Waals surface area (Å²) in [7, 11) is 0. The molecule has 2 aliphatic rings. The van der Waals surface area contributed by atoms with Gasteiger partial charge in [-0.15, -0.1) is 0 Å². The third kappa shape index (κ3) is 6.36. The Labute approximate surface area is 216 Å². The number of carbonyl (C=O) groups is 2. The van der Waals surface area contributed by atoms with Crippen LogP contribution in [0.4, 0.5) is 5.69 Å². The molecule has 2 aromatic carbocycles. The van der Waals surface area contributed by atoms with Crippen molar-refractivity contribution in [1.82, 2.24) is 4.90 Å². The van der Waals surface area contributed by atoms with E-state index in [1.165, 1.54) is 12.0 Å². The van der Waals surface area contributed by atoms with Gasteiger partial charge in [0, 0.05) is 35.8 Å². The van der Waals surface area contributed by atoms with E-state index in [9.17, 15) is 9.59 Å². The van der Waals surface area contributed by atoms with Crippen molar-refractivity contribution in [3.63, 3.8) is 0 Å². The molecule has 194 valence electrons. The molecular weight excluding hydrogens is 446 g/mol. The molecule has 0 heterocycles. The molecule has 0 radical (unpaired) electrons. The Bertz CT molecular complexity index is 1030. The van der Waals surface area contributed by atoms with Gasteiger partial charge < -0.3 is 16.0 Å². The van der Waals surface area contributed by atoms with Gasteiger partial charge in [-0.1, -0.05) is 83.2 Å². The van der Waals surface area contributed by atoms with E-state index in [1.54, 1.807) is 0 Å². The fourth-order valence-corrected chi connectivity index (χ4v) is 5.75. The normalized spacial score (nSPS) is 21.1. The summed E-state index contributed by atoms with van der Waals surface area (Å²) >= 11 is 0. The zero-order valence-electron chi connectivity index (χ0n) is 22.3. The van der Waals surface area contributed by atoms with Gasteiger partial charge in [-0.3, -0.25) is 9.59 Å². The summed E-state index contributed by atoms with van der Waals surface area (Å²) in [5.74, 6) is 0.203. The van der Waals surface area contributed by atoms with Crippen LogP contribution in [0, 0.1) is 5.92 Å². The first-order chi connectivity index (χ1) is 17.2. The van der Waals surface area contributed by atoms with Crippen LogP contribution in [0.5, 0.6) is 0 Å². The fraction of sp³-hybridized carbons (Fsp3) is 0.548. The highest BCUT2D eigenvalue weighted by molar-refractivity contribution is 6.04. The molecule has 36 heavy (non-hydrogen) atoms. The van der Waals surface area contributed by atoms with Crippen molar-refractivity contribution in [3.8, 4) is 0 Å². The number of carbonyl (C=O) groups excluding carboxylic acids is 2. The number of amides is 2. The summed E-state index contributed by atoms with van der Waals surface area (Å²) < 4.78 is 0. The van der Waals surface area contributed by atoms with Crippen LogP contribution in [-0.4, -0.2) is 28.8 Å². The third-order valence-electron chi connectivity index (χ3n) is 8.04. The van der Waals surface area contributed by atoms with Crippen LogP contribution < -0.4 is 11.1 Å². The van der Waals surface area contributed by atoms with Crippen LogP contribution >= 0.6 is 0 Å². The maximum atomic E-state index is 13.8. The van der Waals surface area contributed by atoms with Gasteiger partial charge in [-0.05, 0) is 60.4 Å². The number of benzene rings is 2. The molecule has 2 aliphatic carbocycles. The molecule has 2 saturated carbocycles. The minimum absolute atomic E-state index is 0.00868. The summed E-state index contributed by atoms with van der Waals surface area (Å²) in [6, 6.07) is 15.8. The zero-order valence-corrected chi connectivity index (χ0v) is 22.3. The van der Waals surface area contributed by atoms with Gasteiger partial charge in [0.05, 0.1) is 0 Å². The minimum Gasteiger partial charge on any atom is -0.334 e. The molecule has 2 fully saturated rings. The zero-order chi connectivity index (χ0) is 25.7. The summed E-state index contributed by atoms with van der Waals surface area (Å²) in [6.45, 7) is 6.97. The van der Waals surface area contributed by atoms with Gasteiger partial charge in [0.15, 0.2) is 0 Å². The molecule has 2 unspecified atom stereocenters. The Morgan fingerprint density at radius 2 is 1.53 bits per heavy atom. The van der Waals surface area contributed by atoms with Crippen molar-refractivity contribution in [2.45, 2.75) is 103 Å². The maximum absolute atomic E-state index is 13.8. The average Bonchev–Trinajstić information content (AvgIpc) is 2.88. The van der Waals surface area contributed by atoms with E-state index >= 15 is 0 Å². The fourth-order valence-electron chi connectivity index (χ4n) is 5.75. The van der Waals surface area contributed by atoms with Crippen molar-refractivity contribution < 1.29 is 9.59 Å². The lowest BCUT2D eigenvalue weighted by atomic mass is 9.85. The predicted octanol–water partition coefficient (Wildman–Crippen LogP) is 6.42. The monoisotopic (exact) mass is 489 g/mol. The number of anilines is 1. The van der Waals surface area contributed by atoms with Crippen LogP contribution in [0.15, 0.2) is 48.5 Å². The van der Waals surface area contributed by atoms with Crippen LogP contribution in [-0.2, 0) is 16.8 Å². The van der Waals surface area contributed by atoms with Gasteiger partial charge in [-0.2, -0.15) is 0 Å². The molecule has 5 heteroatoms. The lowest BCUT2D eigenvalue weighted by Gasteiger charge is -2.41. The Kier molecular flexibility index (Phi) is 8.50. The van der Waals surface area contributed by atoms with E-state index in [2.05, 4.69) is 31.0 Å². The number of rotatable bonds is 6. The van der Waals surface area contributed by atoms with Crippen molar-refractivity contribution in [2.75, 3.05) is 5.32 Å². The lowest BCUT2D eigenvalue weighted by molar-refractivity contribution is -0.140. The highest BCUT2D eigenvalue weighted by Crippen LogP contribution is 2.31. The van der Waals surface area contributed by atoms with E-state index in [0.717, 1.165) is 62.6 Å². The third-order valence-corrected chi connectivity index (χ3v) is 8.04. The second kappa shape index (κ2) is 11.6. The van der Waals surface area contributed by atoms with Gasteiger partial charge in [0.1, 0.15) is 0 Å². The van der Waals surface area contributed by atoms with Crippen molar-refractivity contribution in [3.05, 3.63) is 65.2 Å². The van der Waals surface area contributed by atoms with Gasteiger partial charge in [0.2, 0.25) is 5.91 Å². The lowest BCUT2D eigenvalue weighted by Crippen LogP contribution is -2.53. The molecule has 0 bridgehead atoms. The van der Waals surface area contributed by atoms with Gasteiger partial charge >= 0.3 is 0 Å². The SMILES string of the molecule is CC(C)(C)c1ccc(C(=O)Nc2ccccc2CN(C(=O)C2CCCCC2)C2CCCCC2N)cc1. The summed E-state index contributed by atoms with van der Waals surface area (Å²) in [5.41, 5.74) is 10.1. The van der Waals surface area contributed by atoms with Crippen molar-refractivity contribution >= 4 is 17.5 Å². The number of nitrogens with two attached hydrogens (primary N) is 1. The molecule has 2 aromatic rings. The van der Waals surface area contributed by atoms with E-state index in [-0.39, 0.29) is 35.2 Å². The Morgan fingerprint density at radius 3 is 2.19 bits per heavy atom. The molecule has 3 N–H and O–H groups in total. The summed E-state index contributed by atoms with van der Waals surface area (Å²) in [4.78, 5) is 29.0. The molecule has 0 aliphatic heterocycles. The van der Waals surface area contributed by atoms with Crippen LogP contribution in [0.2, 0.25) is 0 Å². The number of hydrogen-bond acceptors (Lipinski definition) is 3. The van der Waals surface area contributed by atoms with E-state index < -0.39 is 0 Å². The highest BCUT2D eigenvalue weighted by Gasteiger charge is 2.35. The Morgan fingerprint density at radius 1 is 0.889 bits per heavy atom. The van der Waals surface area contributed by atoms with E-state index in [4.69, 9.17) is 5.73 Å². The maximum Gasteiger partial charge on any atom is 0.255 e. The van der Waals surface area contributed by atoms with Gasteiger partial charge in [-0.25, -0.2) is 0 Å². The summed E-state index contributed by atoms with van der Waals surface area (Å²) in [5, 5.41) is 3.11. The van der Waals surface area contributed by atoms with Crippen LogP contribution in [0.25, 0.3) is 0 Å².